The second-order valence-corrected chi connectivity index (χ2v) is 5.26. The van der Waals surface area contributed by atoms with Gasteiger partial charge in [-0.15, -0.1) is 0 Å². The van der Waals surface area contributed by atoms with Gasteiger partial charge in [-0.25, -0.2) is 0 Å². The number of para-hydroxylation sites is 1. The summed E-state index contributed by atoms with van der Waals surface area (Å²) in [6.45, 7) is 4.99. The lowest BCUT2D eigenvalue weighted by Gasteiger charge is -2.22. The fourth-order valence-electron chi connectivity index (χ4n) is 1.57. The second kappa shape index (κ2) is 6.64. The first kappa shape index (κ1) is 14.0. The van der Waals surface area contributed by atoms with E-state index < -0.39 is 0 Å². The summed E-state index contributed by atoms with van der Waals surface area (Å²) in [6.07, 6.45) is 2.25. The van der Waals surface area contributed by atoms with Crippen molar-refractivity contribution in [2.24, 2.45) is 0 Å². The Bertz CT molecular complexity index is 355. The Morgan fingerprint density at radius 2 is 2.12 bits per heavy atom. The molecule has 0 amide bonds. The van der Waals surface area contributed by atoms with Crippen LogP contribution in [0.2, 0.25) is 0 Å². The molecule has 1 aromatic rings. The summed E-state index contributed by atoms with van der Waals surface area (Å²) in [6, 6.07) is 5.93. The van der Waals surface area contributed by atoms with Crippen molar-refractivity contribution in [3.63, 3.8) is 0 Å². The largest absolute Gasteiger partial charge is 0.489 e. The van der Waals surface area contributed by atoms with Crippen LogP contribution in [0.4, 0.5) is 11.4 Å². The standard InChI is InChI=1S/C13H22N2OS/c1-10(2)16-12-7-5-6-11(13(12)14)15(3)8-9-17-4/h5-7,10H,8-9,14H2,1-4H3. The summed E-state index contributed by atoms with van der Waals surface area (Å²) < 4.78 is 5.68. The molecule has 0 aliphatic heterocycles. The van der Waals surface area contributed by atoms with Crippen molar-refractivity contribution >= 4 is 23.1 Å². The molecule has 96 valence electrons. The first-order valence-corrected chi connectivity index (χ1v) is 7.21. The fourth-order valence-corrected chi connectivity index (χ4v) is 2.03. The molecule has 0 heterocycles. The van der Waals surface area contributed by atoms with Crippen LogP contribution < -0.4 is 15.4 Å². The van der Waals surface area contributed by atoms with E-state index in [2.05, 4.69) is 18.2 Å². The molecule has 3 nitrogen and oxygen atoms in total. The van der Waals surface area contributed by atoms with E-state index in [1.807, 2.05) is 43.8 Å². The SMILES string of the molecule is CSCCN(C)c1cccc(OC(C)C)c1N. The van der Waals surface area contributed by atoms with Crippen molar-refractivity contribution in [1.82, 2.24) is 0 Å². The van der Waals surface area contributed by atoms with Gasteiger partial charge in [-0.3, -0.25) is 0 Å². The van der Waals surface area contributed by atoms with Gasteiger partial charge in [0.15, 0.2) is 0 Å². The minimum absolute atomic E-state index is 0.143. The number of rotatable bonds is 6. The molecule has 0 radical (unpaired) electrons. The first-order valence-electron chi connectivity index (χ1n) is 5.81. The molecule has 0 unspecified atom stereocenters. The highest BCUT2D eigenvalue weighted by Crippen LogP contribution is 2.32. The van der Waals surface area contributed by atoms with E-state index in [0.717, 1.165) is 29.4 Å². The number of nitrogens with two attached hydrogens (primary N) is 1. The lowest BCUT2D eigenvalue weighted by Crippen LogP contribution is -2.21. The molecule has 0 saturated carbocycles. The van der Waals surface area contributed by atoms with Crippen molar-refractivity contribution in [1.29, 1.82) is 0 Å². The lowest BCUT2D eigenvalue weighted by atomic mass is 10.2. The van der Waals surface area contributed by atoms with Gasteiger partial charge in [-0.2, -0.15) is 11.8 Å². The second-order valence-electron chi connectivity index (χ2n) is 4.27. The average molecular weight is 254 g/mol. The van der Waals surface area contributed by atoms with Gasteiger partial charge in [-0.05, 0) is 32.2 Å². The minimum atomic E-state index is 0.143. The number of benzene rings is 1. The highest BCUT2D eigenvalue weighted by atomic mass is 32.2. The molecule has 1 rings (SSSR count). The Kier molecular flexibility index (Phi) is 5.48. The third kappa shape index (κ3) is 4.04. The Balaban J connectivity index is 2.85. The van der Waals surface area contributed by atoms with Crippen LogP contribution in [0, 0.1) is 0 Å². The van der Waals surface area contributed by atoms with E-state index in [4.69, 9.17) is 10.5 Å². The van der Waals surface area contributed by atoms with Crippen LogP contribution in [-0.4, -0.2) is 31.7 Å². The van der Waals surface area contributed by atoms with E-state index in [0.29, 0.717) is 0 Å². The van der Waals surface area contributed by atoms with E-state index >= 15 is 0 Å². The first-order chi connectivity index (χ1) is 8.06. The lowest BCUT2D eigenvalue weighted by molar-refractivity contribution is 0.244. The van der Waals surface area contributed by atoms with Crippen molar-refractivity contribution in [3.05, 3.63) is 18.2 Å². The quantitative estimate of drug-likeness (QED) is 0.792. The zero-order valence-electron chi connectivity index (χ0n) is 11.1. The maximum Gasteiger partial charge on any atom is 0.144 e. The van der Waals surface area contributed by atoms with Gasteiger partial charge in [-0.1, -0.05) is 6.07 Å². The van der Waals surface area contributed by atoms with Gasteiger partial charge in [0.25, 0.3) is 0 Å². The number of nitrogens with zero attached hydrogens (tertiary/aromatic N) is 1. The van der Waals surface area contributed by atoms with Crippen molar-refractivity contribution in [2.75, 3.05) is 36.2 Å². The molecule has 2 N–H and O–H groups in total. The van der Waals surface area contributed by atoms with Gasteiger partial charge in [0.1, 0.15) is 5.75 Å². The summed E-state index contributed by atoms with van der Waals surface area (Å²) in [5.41, 5.74) is 7.90. The van der Waals surface area contributed by atoms with Crippen LogP contribution in [0.3, 0.4) is 0 Å². The third-order valence-corrected chi connectivity index (χ3v) is 3.04. The summed E-state index contributed by atoms with van der Waals surface area (Å²) in [5.74, 6) is 1.86. The molecule has 0 aliphatic carbocycles. The molecule has 0 atom stereocenters. The number of nitrogen functional groups attached to an aromatic ring is 1. The zero-order valence-corrected chi connectivity index (χ0v) is 11.9. The molecule has 17 heavy (non-hydrogen) atoms. The molecule has 0 aromatic heterocycles. The molecule has 0 bridgehead atoms. The monoisotopic (exact) mass is 254 g/mol. The van der Waals surface area contributed by atoms with Crippen LogP contribution in [0.1, 0.15) is 13.8 Å². The Hall–Kier alpha value is -1.03. The number of hydrogen-bond acceptors (Lipinski definition) is 4. The topological polar surface area (TPSA) is 38.5 Å². The smallest absolute Gasteiger partial charge is 0.144 e. The van der Waals surface area contributed by atoms with Crippen LogP contribution in [0.5, 0.6) is 5.75 Å². The van der Waals surface area contributed by atoms with E-state index in [9.17, 15) is 0 Å². The molecule has 0 spiro atoms. The number of thioether (sulfide) groups is 1. The summed E-state index contributed by atoms with van der Waals surface area (Å²) in [4.78, 5) is 2.17. The zero-order chi connectivity index (χ0) is 12.8. The number of ether oxygens (including phenoxy) is 1. The van der Waals surface area contributed by atoms with Gasteiger partial charge < -0.3 is 15.4 Å². The predicted molar refractivity (Wildman–Crippen MR) is 78.3 cm³/mol. The molecular formula is C13H22N2OS. The third-order valence-electron chi connectivity index (χ3n) is 2.45. The molecule has 0 aliphatic rings. The van der Waals surface area contributed by atoms with Crippen molar-refractivity contribution < 1.29 is 4.74 Å². The molecule has 0 saturated heterocycles. The van der Waals surface area contributed by atoms with E-state index in [1.165, 1.54) is 0 Å². The fraction of sp³-hybridized carbons (Fsp3) is 0.538. The van der Waals surface area contributed by atoms with Crippen molar-refractivity contribution in [2.45, 2.75) is 20.0 Å². The van der Waals surface area contributed by atoms with E-state index in [1.54, 1.807) is 0 Å². The van der Waals surface area contributed by atoms with Crippen LogP contribution in [0.15, 0.2) is 18.2 Å². The Morgan fingerprint density at radius 1 is 1.41 bits per heavy atom. The molecule has 0 fully saturated rings. The maximum absolute atomic E-state index is 6.13. The highest BCUT2D eigenvalue weighted by molar-refractivity contribution is 7.98. The summed E-state index contributed by atoms with van der Waals surface area (Å²) in [7, 11) is 2.06. The number of hydrogen-bond donors (Lipinski definition) is 1. The van der Waals surface area contributed by atoms with Crippen LogP contribution in [0.25, 0.3) is 0 Å². The van der Waals surface area contributed by atoms with Crippen LogP contribution >= 0.6 is 11.8 Å². The Morgan fingerprint density at radius 3 is 2.71 bits per heavy atom. The van der Waals surface area contributed by atoms with Gasteiger partial charge in [0.2, 0.25) is 0 Å². The normalized spacial score (nSPS) is 10.6. The maximum atomic E-state index is 6.13. The molecule has 4 heteroatoms. The summed E-state index contributed by atoms with van der Waals surface area (Å²) in [5, 5.41) is 0. The van der Waals surface area contributed by atoms with Crippen molar-refractivity contribution in [3.8, 4) is 5.75 Å². The summed E-state index contributed by atoms with van der Waals surface area (Å²) >= 11 is 1.83. The van der Waals surface area contributed by atoms with E-state index in [-0.39, 0.29) is 6.10 Å². The van der Waals surface area contributed by atoms with Gasteiger partial charge in [0, 0.05) is 19.3 Å². The van der Waals surface area contributed by atoms with Crippen LogP contribution in [-0.2, 0) is 0 Å². The average Bonchev–Trinajstić information content (AvgIpc) is 2.28. The number of anilines is 2. The predicted octanol–water partition coefficient (Wildman–Crippen LogP) is 2.86. The molecular weight excluding hydrogens is 232 g/mol. The highest BCUT2D eigenvalue weighted by Gasteiger charge is 2.10. The van der Waals surface area contributed by atoms with Gasteiger partial charge in [0.05, 0.1) is 17.5 Å². The minimum Gasteiger partial charge on any atom is -0.489 e. The molecule has 1 aromatic carbocycles. The van der Waals surface area contributed by atoms with Gasteiger partial charge >= 0.3 is 0 Å². The Labute approximate surface area is 108 Å².